The molecule has 2 N–H and O–H groups in total. The van der Waals surface area contributed by atoms with Gasteiger partial charge in [0.2, 0.25) is 5.91 Å². The van der Waals surface area contributed by atoms with Crippen LogP contribution in [-0.2, 0) is 11.2 Å². The molecule has 0 atom stereocenters. The van der Waals surface area contributed by atoms with Crippen LogP contribution in [0, 0.1) is 13.8 Å². The number of aryl methyl sites for hydroxylation is 1. The van der Waals surface area contributed by atoms with Crippen molar-refractivity contribution in [2.75, 3.05) is 0 Å². The Morgan fingerprint density at radius 1 is 1.04 bits per heavy atom. The maximum atomic E-state index is 12.2. The minimum absolute atomic E-state index is 0.123. The van der Waals surface area contributed by atoms with Crippen LogP contribution in [0.4, 0.5) is 0 Å². The first-order chi connectivity index (χ1) is 12.6. The number of carbonyl (C=O) groups is 2. The first-order valence-corrected chi connectivity index (χ1v) is 8.16. The lowest BCUT2D eigenvalue weighted by molar-refractivity contribution is -0.121. The number of carbonyl (C=O) groups excluding carboxylic acids is 2. The minimum atomic E-state index is -0.417. The van der Waals surface area contributed by atoms with Gasteiger partial charge in [-0.15, -0.1) is 0 Å². The molecule has 0 radical (unpaired) electrons. The molecule has 3 aromatic rings. The number of amides is 2. The van der Waals surface area contributed by atoms with E-state index in [-0.39, 0.29) is 12.3 Å². The molecule has 7 heteroatoms. The fourth-order valence-electron chi connectivity index (χ4n) is 2.65. The fourth-order valence-corrected chi connectivity index (χ4v) is 2.65. The van der Waals surface area contributed by atoms with Crippen molar-refractivity contribution in [3.8, 4) is 5.69 Å². The number of pyridine rings is 1. The number of para-hydroxylation sites is 1. The van der Waals surface area contributed by atoms with E-state index in [0.29, 0.717) is 5.56 Å². The Kier molecular flexibility index (Phi) is 5.07. The van der Waals surface area contributed by atoms with E-state index in [0.717, 1.165) is 22.6 Å². The Morgan fingerprint density at radius 2 is 1.81 bits per heavy atom. The molecule has 0 spiro atoms. The van der Waals surface area contributed by atoms with Crippen LogP contribution in [0.15, 0.2) is 54.9 Å². The molecule has 1 aromatic carbocycles. The zero-order valence-electron chi connectivity index (χ0n) is 14.6. The highest BCUT2D eigenvalue weighted by atomic mass is 16.2. The molecule has 7 nitrogen and oxygen atoms in total. The van der Waals surface area contributed by atoms with Crippen molar-refractivity contribution in [3.05, 3.63) is 77.4 Å². The Balaban J connectivity index is 1.66. The van der Waals surface area contributed by atoms with Crippen molar-refractivity contribution < 1.29 is 9.59 Å². The van der Waals surface area contributed by atoms with E-state index in [9.17, 15) is 9.59 Å². The average molecular weight is 349 g/mol. The normalized spacial score (nSPS) is 10.4. The standard InChI is InChI=1S/C19H19N5O2/c1-13-17(14(2)24(23-13)16-8-4-3-5-9-16)11-18(25)21-22-19(26)15-7-6-10-20-12-15/h3-10,12H,11H2,1-2H3,(H,21,25)(H,22,26). The smallest absolute Gasteiger partial charge is 0.271 e. The van der Waals surface area contributed by atoms with Crippen molar-refractivity contribution in [1.82, 2.24) is 25.6 Å². The van der Waals surface area contributed by atoms with Crippen molar-refractivity contribution >= 4 is 11.8 Å². The van der Waals surface area contributed by atoms with Gasteiger partial charge in [0.15, 0.2) is 0 Å². The third kappa shape index (κ3) is 3.77. The van der Waals surface area contributed by atoms with Gasteiger partial charge in [-0.1, -0.05) is 18.2 Å². The lowest BCUT2D eigenvalue weighted by Crippen LogP contribution is -2.42. The molecule has 26 heavy (non-hydrogen) atoms. The second-order valence-electron chi connectivity index (χ2n) is 5.82. The summed E-state index contributed by atoms with van der Waals surface area (Å²) in [7, 11) is 0. The summed E-state index contributed by atoms with van der Waals surface area (Å²) in [6.07, 6.45) is 3.13. The number of hydrogen-bond acceptors (Lipinski definition) is 4. The SMILES string of the molecule is Cc1nn(-c2ccccc2)c(C)c1CC(=O)NNC(=O)c1cccnc1. The van der Waals surface area contributed by atoms with Gasteiger partial charge >= 0.3 is 0 Å². The number of benzene rings is 1. The molecule has 0 fully saturated rings. The van der Waals surface area contributed by atoms with Gasteiger partial charge in [-0.05, 0) is 38.1 Å². The molecule has 0 saturated carbocycles. The van der Waals surface area contributed by atoms with E-state index in [1.165, 1.54) is 6.20 Å². The van der Waals surface area contributed by atoms with Gasteiger partial charge < -0.3 is 0 Å². The Morgan fingerprint density at radius 3 is 2.50 bits per heavy atom. The van der Waals surface area contributed by atoms with E-state index in [4.69, 9.17) is 0 Å². The highest BCUT2D eigenvalue weighted by Crippen LogP contribution is 2.18. The quantitative estimate of drug-likeness (QED) is 0.704. The van der Waals surface area contributed by atoms with Crippen molar-refractivity contribution in [3.63, 3.8) is 0 Å². The molecule has 0 saturated heterocycles. The summed E-state index contributed by atoms with van der Waals surface area (Å²) in [5, 5.41) is 4.52. The van der Waals surface area contributed by atoms with Crippen molar-refractivity contribution in [2.45, 2.75) is 20.3 Å². The molecule has 2 aromatic heterocycles. The van der Waals surface area contributed by atoms with Gasteiger partial charge in [0.05, 0.1) is 23.4 Å². The van der Waals surface area contributed by atoms with Gasteiger partial charge in [-0.2, -0.15) is 5.10 Å². The van der Waals surface area contributed by atoms with Crippen molar-refractivity contribution in [2.24, 2.45) is 0 Å². The number of hydrazine groups is 1. The maximum absolute atomic E-state index is 12.2. The summed E-state index contributed by atoms with van der Waals surface area (Å²) in [6.45, 7) is 3.78. The molecule has 0 unspecified atom stereocenters. The molecule has 0 aliphatic heterocycles. The molecule has 0 aliphatic carbocycles. The highest BCUT2D eigenvalue weighted by molar-refractivity contribution is 5.95. The van der Waals surface area contributed by atoms with Gasteiger partial charge in [-0.3, -0.25) is 25.4 Å². The van der Waals surface area contributed by atoms with Crippen LogP contribution in [0.5, 0.6) is 0 Å². The summed E-state index contributed by atoms with van der Waals surface area (Å²) in [6, 6.07) is 13.0. The van der Waals surface area contributed by atoms with E-state index in [2.05, 4.69) is 20.9 Å². The average Bonchev–Trinajstić information content (AvgIpc) is 2.95. The molecule has 2 heterocycles. The van der Waals surface area contributed by atoms with Crippen LogP contribution in [-0.4, -0.2) is 26.6 Å². The number of rotatable bonds is 4. The largest absolute Gasteiger partial charge is 0.273 e. The predicted molar refractivity (Wildman–Crippen MR) is 96.6 cm³/mol. The highest BCUT2D eigenvalue weighted by Gasteiger charge is 2.16. The second-order valence-corrected chi connectivity index (χ2v) is 5.82. The molecule has 2 amide bonds. The molecule has 3 rings (SSSR count). The van der Waals surface area contributed by atoms with Crippen molar-refractivity contribution in [1.29, 1.82) is 0 Å². The summed E-state index contributed by atoms with van der Waals surface area (Å²) in [5.41, 5.74) is 8.63. The summed E-state index contributed by atoms with van der Waals surface area (Å²) >= 11 is 0. The number of nitrogens with one attached hydrogen (secondary N) is 2. The van der Waals surface area contributed by atoms with E-state index in [1.807, 2.05) is 48.9 Å². The van der Waals surface area contributed by atoms with Crippen LogP contribution < -0.4 is 10.9 Å². The molecular weight excluding hydrogens is 330 g/mol. The Hall–Kier alpha value is -3.48. The van der Waals surface area contributed by atoms with E-state index in [1.54, 1.807) is 18.3 Å². The minimum Gasteiger partial charge on any atom is -0.273 e. The van der Waals surface area contributed by atoms with Crippen LogP contribution >= 0.6 is 0 Å². The Labute approximate surface area is 151 Å². The number of hydrogen-bond donors (Lipinski definition) is 2. The van der Waals surface area contributed by atoms with E-state index < -0.39 is 5.91 Å². The summed E-state index contributed by atoms with van der Waals surface area (Å²) in [4.78, 5) is 28.0. The maximum Gasteiger partial charge on any atom is 0.271 e. The van der Waals surface area contributed by atoms with Gasteiger partial charge in [0, 0.05) is 23.7 Å². The van der Waals surface area contributed by atoms with Crippen LogP contribution in [0.25, 0.3) is 5.69 Å². The van der Waals surface area contributed by atoms with E-state index >= 15 is 0 Å². The monoisotopic (exact) mass is 349 g/mol. The lowest BCUT2D eigenvalue weighted by atomic mass is 10.1. The molecule has 0 aliphatic rings. The Bertz CT molecular complexity index is 920. The lowest BCUT2D eigenvalue weighted by Gasteiger charge is -2.08. The molecular formula is C19H19N5O2. The third-order valence-corrected chi connectivity index (χ3v) is 4.02. The van der Waals surface area contributed by atoms with Crippen LogP contribution in [0.1, 0.15) is 27.3 Å². The van der Waals surface area contributed by atoms with Crippen LogP contribution in [0.2, 0.25) is 0 Å². The van der Waals surface area contributed by atoms with Gasteiger partial charge in [0.1, 0.15) is 0 Å². The van der Waals surface area contributed by atoms with Gasteiger partial charge in [-0.25, -0.2) is 4.68 Å². The fraction of sp³-hybridized carbons (Fsp3) is 0.158. The first-order valence-electron chi connectivity index (χ1n) is 8.16. The molecule has 0 bridgehead atoms. The first kappa shape index (κ1) is 17.3. The summed E-state index contributed by atoms with van der Waals surface area (Å²) < 4.78 is 1.81. The second kappa shape index (κ2) is 7.60. The predicted octanol–water partition coefficient (Wildman–Crippen LogP) is 1.89. The summed E-state index contributed by atoms with van der Waals surface area (Å²) in [5.74, 6) is -0.735. The number of aromatic nitrogens is 3. The molecule has 132 valence electrons. The zero-order chi connectivity index (χ0) is 18.5. The topological polar surface area (TPSA) is 88.9 Å². The van der Waals surface area contributed by atoms with Gasteiger partial charge in [0.25, 0.3) is 5.91 Å². The van der Waals surface area contributed by atoms with Crippen LogP contribution in [0.3, 0.4) is 0 Å². The third-order valence-electron chi connectivity index (χ3n) is 4.02. The number of nitrogens with zero attached hydrogens (tertiary/aromatic N) is 3. The zero-order valence-corrected chi connectivity index (χ0v) is 14.6.